The predicted octanol–water partition coefficient (Wildman–Crippen LogP) is 4.58. The molecular weight excluding hydrogens is 298 g/mol. The normalized spacial score (nSPS) is 10.3. The molecule has 5 heteroatoms. The minimum absolute atomic E-state index is 0. The van der Waals surface area contributed by atoms with Gasteiger partial charge in [0.2, 0.25) is 0 Å². The van der Waals surface area contributed by atoms with Crippen molar-refractivity contribution in [2.75, 3.05) is 5.32 Å². The summed E-state index contributed by atoms with van der Waals surface area (Å²) in [5, 5.41) is 4.32. The van der Waals surface area contributed by atoms with Crippen molar-refractivity contribution in [3.63, 3.8) is 0 Å². The van der Waals surface area contributed by atoms with E-state index in [0.717, 1.165) is 28.2 Å². The van der Waals surface area contributed by atoms with E-state index in [1.807, 2.05) is 62.4 Å². The lowest BCUT2D eigenvalue weighted by atomic mass is 10.2. The number of rotatable bonds is 4. The Bertz CT molecular complexity index is 739. The van der Waals surface area contributed by atoms with Gasteiger partial charge in [-0.3, -0.25) is 0 Å². The van der Waals surface area contributed by atoms with Crippen LogP contribution in [0.15, 0.2) is 54.9 Å². The molecule has 1 heterocycles. The molecule has 1 aromatic heterocycles. The first-order valence-corrected chi connectivity index (χ1v) is 6.96. The van der Waals surface area contributed by atoms with Crippen molar-refractivity contribution >= 4 is 34.8 Å². The first-order valence-electron chi connectivity index (χ1n) is 6.96. The molecule has 0 fully saturated rings. The second kappa shape index (κ2) is 7.09. The molecule has 0 saturated heterocycles. The van der Waals surface area contributed by atoms with Crippen LogP contribution in [0.2, 0.25) is 0 Å². The molecule has 0 radical (unpaired) electrons. The lowest BCUT2D eigenvalue weighted by molar-refractivity contribution is 0.242. The summed E-state index contributed by atoms with van der Waals surface area (Å²) in [4.78, 5) is 8.58. The highest BCUT2D eigenvalue weighted by atomic mass is 35.5. The van der Waals surface area contributed by atoms with Gasteiger partial charge in [-0.2, -0.15) is 0 Å². The van der Waals surface area contributed by atoms with E-state index >= 15 is 0 Å². The van der Waals surface area contributed by atoms with Crippen molar-refractivity contribution in [3.8, 4) is 5.75 Å². The Morgan fingerprint density at radius 3 is 2.41 bits per heavy atom. The van der Waals surface area contributed by atoms with Crippen LogP contribution < -0.4 is 10.1 Å². The smallest absolute Gasteiger partial charge is 0.141 e. The van der Waals surface area contributed by atoms with Crippen LogP contribution >= 0.6 is 12.4 Å². The van der Waals surface area contributed by atoms with Crippen LogP contribution in [0.4, 0.5) is 11.5 Å². The van der Waals surface area contributed by atoms with Crippen molar-refractivity contribution in [1.82, 2.24) is 9.97 Å². The Balaban J connectivity index is 0.00000176. The van der Waals surface area contributed by atoms with Crippen molar-refractivity contribution < 1.29 is 4.74 Å². The SMILES string of the molecule is CC(C)Oc1ccc(Nc2ncnc3ccccc23)cc1.Cl. The fourth-order valence-electron chi connectivity index (χ4n) is 2.13. The van der Waals surface area contributed by atoms with Gasteiger partial charge in [-0.15, -0.1) is 12.4 Å². The number of nitrogens with one attached hydrogen (secondary N) is 1. The third-order valence-corrected chi connectivity index (χ3v) is 3.03. The Labute approximate surface area is 136 Å². The van der Waals surface area contributed by atoms with Gasteiger partial charge >= 0.3 is 0 Å². The molecule has 22 heavy (non-hydrogen) atoms. The predicted molar refractivity (Wildman–Crippen MR) is 92.3 cm³/mol. The van der Waals surface area contributed by atoms with E-state index in [0.29, 0.717) is 0 Å². The fourth-order valence-corrected chi connectivity index (χ4v) is 2.13. The molecule has 114 valence electrons. The van der Waals surface area contributed by atoms with Gasteiger partial charge in [0.25, 0.3) is 0 Å². The Morgan fingerprint density at radius 1 is 0.955 bits per heavy atom. The third kappa shape index (κ3) is 3.65. The van der Waals surface area contributed by atoms with E-state index in [1.54, 1.807) is 6.33 Å². The first kappa shape index (κ1) is 16.0. The van der Waals surface area contributed by atoms with E-state index in [1.165, 1.54) is 0 Å². The molecule has 0 amide bonds. The average molecular weight is 316 g/mol. The third-order valence-electron chi connectivity index (χ3n) is 3.03. The molecule has 0 unspecified atom stereocenters. The summed E-state index contributed by atoms with van der Waals surface area (Å²) in [6.07, 6.45) is 1.75. The van der Waals surface area contributed by atoms with Crippen LogP contribution in [0, 0.1) is 0 Å². The van der Waals surface area contributed by atoms with Crippen LogP contribution in [0.1, 0.15) is 13.8 Å². The molecule has 0 atom stereocenters. The number of aromatic nitrogens is 2. The first-order chi connectivity index (χ1) is 10.2. The van der Waals surface area contributed by atoms with E-state index in [4.69, 9.17) is 4.74 Å². The van der Waals surface area contributed by atoms with Crippen molar-refractivity contribution in [1.29, 1.82) is 0 Å². The fraction of sp³-hybridized carbons (Fsp3) is 0.176. The van der Waals surface area contributed by atoms with Gasteiger partial charge in [-0.05, 0) is 50.2 Å². The maximum Gasteiger partial charge on any atom is 0.141 e. The summed E-state index contributed by atoms with van der Waals surface area (Å²) in [7, 11) is 0. The Hall–Kier alpha value is -2.33. The summed E-state index contributed by atoms with van der Waals surface area (Å²) in [6.45, 7) is 4.03. The number of anilines is 2. The second-order valence-corrected chi connectivity index (χ2v) is 5.06. The van der Waals surface area contributed by atoms with Gasteiger partial charge in [0.1, 0.15) is 17.9 Å². The van der Waals surface area contributed by atoms with Gasteiger partial charge < -0.3 is 10.1 Å². The minimum Gasteiger partial charge on any atom is -0.491 e. The number of halogens is 1. The highest BCUT2D eigenvalue weighted by Crippen LogP contribution is 2.24. The van der Waals surface area contributed by atoms with Crippen LogP contribution in [0.5, 0.6) is 5.75 Å². The molecule has 0 aliphatic heterocycles. The molecule has 0 bridgehead atoms. The largest absolute Gasteiger partial charge is 0.491 e. The summed E-state index contributed by atoms with van der Waals surface area (Å²) >= 11 is 0. The summed E-state index contributed by atoms with van der Waals surface area (Å²) in [6, 6.07) is 15.8. The van der Waals surface area contributed by atoms with Gasteiger partial charge in [0.15, 0.2) is 0 Å². The van der Waals surface area contributed by atoms with Crippen LogP contribution in [0.25, 0.3) is 10.9 Å². The van der Waals surface area contributed by atoms with Gasteiger partial charge in [0, 0.05) is 11.1 Å². The van der Waals surface area contributed by atoms with Crippen LogP contribution in [-0.4, -0.2) is 16.1 Å². The molecule has 3 rings (SSSR count). The number of fused-ring (bicyclic) bond motifs is 1. The minimum atomic E-state index is 0. The number of hydrogen-bond acceptors (Lipinski definition) is 4. The highest BCUT2D eigenvalue weighted by Gasteiger charge is 2.04. The summed E-state index contributed by atoms with van der Waals surface area (Å²) in [5.41, 5.74) is 1.89. The highest BCUT2D eigenvalue weighted by molar-refractivity contribution is 5.90. The maximum absolute atomic E-state index is 5.64. The average Bonchev–Trinajstić information content (AvgIpc) is 2.49. The second-order valence-electron chi connectivity index (χ2n) is 5.06. The molecule has 3 aromatic rings. The van der Waals surface area contributed by atoms with Crippen molar-refractivity contribution in [2.24, 2.45) is 0 Å². The summed E-state index contributed by atoms with van der Waals surface area (Å²) in [5.74, 6) is 1.67. The zero-order valence-corrected chi connectivity index (χ0v) is 13.3. The number of ether oxygens (including phenoxy) is 1. The molecule has 4 nitrogen and oxygen atoms in total. The number of benzene rings is 2. The zero-order chi connectivity index (χ0) is 14.7. The van der Waals surface area contributed by atoms with E-state index in [-0.39, 0.29) is 18.5 Å². The maximum atomic E-state index is 5.64. The van der Waals surface area contributed by atoms with E-state index in [2.05, 4.69) is 15.3 Å². The number of hydrogen-bond donors (Lipinski definition) is 1. The van der Waals surface area contributed by atoms with Gasteiger partial charge in [-0.25, -0.2) is 9.97 Å². The van der Waals surface area contributed by atoms with Crippen LogP contribution in [0.3, 0.4) is 0 Å². The van der Waals surface area contributed by atoms with Gasteiger partial charge in [-0.1, -0.05) is 12.1 Å². The number of nitrogens with zero attached hydrogens (tertiary/aromatic N) is 2. The van der Waals surface area contributed by atoms with Crippen molar-refractivity contribution in [2.45, 2.75) is 20.0 Å². The summed E-state index contributed by atoms with van der Waals surface area (Å²) < 4.78 is 5.64. The van der Waals surface area contributed by atoms with Crippen LogP contribution in [-0.2, 0) is 0 Å². The van der Waals surface area contributed by atoms with Gasteiger partial charge in [0.05, 0.1) is 11.6 Å². The monoisotopic (exact) mass is 315 g/mol. The quantitative estimate of drug-likeness (QED) is 0.765. The topological polar surface area (TPSA) is 47.0 Å². The zero-order valence-electron chi connectivity index (χ0n) is 12.5. The number of para-hydroxylation sites is 1. The molecule has 1 N–H and O–H groups in total. The molecule has 0 spiro atoms. The molecule has 2 aromatic carbocycles. The Kier molecular flexibility index (Phi) is 5.17. The molecule has 0 saturated carbocycles. The molecule has 0 aliphatic carbocycles. The van der Waals surface area contributed by atoms with Crippen molar-refractivity contribution in [3.05, 3.63) is 54.9 Å². The van der Waals surface area contributed by atoms with E-state index in [9.17, 15) is 0 Å². The standard InChI is InChI=1S/C17H17N3O.ClH/c1-12(2)21-14-9-7-13(8-10-14)20-17-15-5-3-4-6-16(15)18-11-19-17;/h3-12H,1-2H3,(H,18,19,20);1H. The lowest BCUT2D eigenvalue weighted by Gasteiger charge is -2.11. The molecular formula is C17H18ClN3O. The molecule has 0 aliphatic rings. The van der Waals surface area contributed by atoms with E-state index < -0.39 is 0 Å². The lowest BCUT2D eigenvalue weighted by Crippen LogP contribution is -2.05. The Morgan fingerprint density at radius 2 is 1.68 bits per heavy atom.